The van der Waals surface area contributed by atoms with Crippen molar-refractivity contribution in [1.82, 2.24) is 24.6 Å². The molecule has 5 nitrogen and oxygen atoms in total. The molecule has 2 aromatic heterocycles. The first-order valence-corrected chi connectivity index (χ1v) is 10.6. The molecule has 1 N–H and O–H groups in total. The van der Waals surface area contributed by atoms with Gasteiger partial charge in [-0.05, 0) is 43.4 Å². The Bertz CT molecular complexity index is 965. The lowest BCUT2D eigenvalue weighted by molar-refractivity contribution is 0.133. The molecule has 3 aliphatic heterocycles. The lowest BCUT2D eigenvalue weighted by Crippen LogP contribution is -2.45. The molecule has 0 amide bonds. The van der Waals surface area contributed by atoms with E-state index in [1.807, 2.05) is 12.3 Å². The van der Waals surface area contributed by atoms with E-state index in [0.717, 1.165) is 31.1 Å². The van der Waals surface area contributed by atoms with E-state index in [1.165, 1.54) is 36.1 Å². The number of hydrogen-bond acceptors (Lipinski definition) is 4. The SMILES string of the molecule is CC(C)c1ccc(-c2nc3ncccn3c2CN2CC3CCC2CCN3)cc1.Cl.Cl. The maximum Gasteiger partial charge on any atom is 0.234 e. The summed E-state index contributed by atoms with van der Waals surface area (Å²) in [5.74, 6) is 1.33. The fourth-order valence-corrected chi connectivity index (χ4v) is 4.78. The Morgan fingerprint density at radius 1 is 1.10 bits per heavy atom. The molecule has 7 heteroatoms. The monoisotopic (exact) mass is 447 g/mol. The van der Waals surface area contributed by atoms with Crippen molar-refractivity contribution in [2.45, 2.75) is 57.7 Å². The van der Waals surface area contributed by atoms with Crippen LogP contribution in [0.2, 0.25) is 0 Å². The standard InChI is InChI=1S/C23H29N5.2ClH/c1-16(2)17-4-6-18(7-5-17)22-21(28-13-3-11-25-23(28)26-22)15-27-14-19-8-9-20(27)10-12-24-19;;/h3-7,11,13,16,19-20,24H,8-10,12,14-15H2,1-2H3;2*1H. The van der Waals surface area contributed by atoms with E-state index in [0.29, 0.717) is 18.0 Å². The Morgan fingerprint density at radius 2 is 1.90 bits per heavy atom. The van der Waals surface area contributed by atoms with Gasteiger partial charge in [0.15, 0.2) is 0 Å². The summed E-state index contributed by atoms with van der Waals surface area (Å²) >= 11 is 0. The van der Waals surface area contributed by atoms with Crippen molar-refractivity contribution >= 4 is 30.6 Å². The molecule has 3 fully saturated rings. The van der Waals surface area contributed by atoms with Crippen molar-refractivity contribution in [1.29, 1.82) is 0 Å². The number of rotatable bonds is 4. The molecule has 162 valence electrons. The number of fused-ring (bicyclic) bond motifs is 5. The third-order valence-electron chi connectivity index (χ3n) is 6.44. The maximum absolute atomic E-state index is 4.92. The van der Waals surface area contributed by atoms with Gasteiger partial charge in [-0.15, -0.1) is 24.8 Å². The van der Waals surface area contributed by atoms with Crippen LogP contribution in [0.1, 0.15) is 50.3 Å². The highest BCUT2D eigenvalue weighted by atomic mass is 35.5. The van der Waals surface area contributed by atoms with Crippen molar-refractivity contribution in [3.8, 4) is 11.3 Å². The molecular formula is C23H31Cl2N5. The number of nitrogens with one attached hydrogen (secondary N) is 1. The summed E-state index contributed by atoms with van der Waals surface area (Å²) in [6.45, 7) is 7.67. The van der Waals surface area contributed by atoms with E-state index in [4.69, 9.17) is 4.98 Å². The van der Waals surface area contributed by atoms with E-state index in [-0.39, 0.29) is 24.8 Å². The van der Waals surface area contributed by atoms with E-state index >= 15 is 0 Å². The Balaban J connectivity index is 0.00000128. The minimum absolute atomic E-state index is 0. The first-order valence-electron chi connectivity index (χ1n) is 10.6. The summed E-state index contributed by atoms with van der Waals surface area (Å²) in [7, 11) is 0. The fourth-order valence-electron chi connectivity index (χ4n) is 4.78. The highest BCUT2D eigenvalue weighted by molar-refractivity contribution is 5.85. The molecule has 5 heterocycles. The zero-order chi connectivity index (χ0) is 19.1. The van der Waals surface area contributed by atoms with Gasteiger partial charge in [-0.3, -0.25) is 9.30 Å². The highest BCUT2D eigenvalue weighted by Gasteiger charge is 2.32. The predicted octanol–water partition coefficient (Wildman–Crippen LogP) is 4.69. The molecule has 3 saturated heterocycles. The zero-order valence-electron chi connectivity index (χ0n) is 17.6. The van der Waals surface area contributed by atoms with Crippen molar-refractivity contribution in [3.63, 3.8) is 0 Å². The summed E-state index contributed by atoms with van der Waals surface area (Å²) in [6.07, 6.45) is 7.77. The van der Waals surface area contributed by atoms with Crippen LogP contribution in [0.3, 0.4) is 0 Å². The predicted molar refractivity (Wildman–Crippen MR) is 127 cm³/mol. The highest BCUT2D eigenvalue weighted by Crippen LogP contribution is 2.30. The van der Waals surface area contributed by atoms with Gasteiger partial charge in [0.1, 0.15) is 0 Å². The first kappa shape index (κ1) is 23.0. The average molecular weight is 448 g/mol. The molecule has 2 atom stereocenters. The summed E-state index contributed by atoms with van der Waals surface area (Å²) in [4.78, 5) is 12.1. The lowest BCUT2D eigenvalue weighted by atomic mass is 9.97. The number of hydrogen-bond donors (Lipinski definition) is 1. The van der Waals surface area contributed by atoms with Crippen molar-refractivity contribution in [3.05, 3.63) is 54.0 Å². The molecule has 0 radical (unpaired) electrons. The minimum Gasteiger partial charge on any atom is -0.313 e. The zero-order valence-corrected chi connectivity index (χ0v) is 19.3. The molecule has 30 heavy (non-hydrogen) atoms. The van der Waals surface area contributed by atoms with Crippen LogP contribution in [0.5, 0.6) is 0 Å². The van der Waals surface area contributed by atoms with Crippen LogP contribution in [0.4, 0.5) is 0 Å². The second kappa shape index (κ2) is 9.65. The largest absolute Gasteiger partial charge is 0.313 e. The Kier molecular flexibility index (Phi) is 7.40. The molecule has 3 aliphatic rings. The van der Waals surface area contributed by atoms with E-state index in [1.54, 1.807) is 0 Å². The second-order valence-electron chi connectivity index (χ2n) is 8.57. The number of aromatic nitrogens is 3. The summed E-state index contributed by atoms with van der Waals surface area (Å²) in [5, 5.41) is 3.71. The number of piperidine rings is 1. The van der Waals surface area contributed by atoms with Gasteiger partial charge in [-0.25, -0.2) is 9.97 Å². The normalized spacial score (nSPS) is 21.3. The Labute approximate surface area is 191 Å². The summed E-state index contributed by atoms with van der Waals surface area (Å²) < 4.78 is 2.18. The van der Waals surface area contributed by atoms with Crippen LogP contribution in [-0.2, 0) is 6.54 Å². The van der Waals surface area contributed by atoms with E-state index < -0.39 is 0 Å². The summed E-state index contributed by atoms with van der Waals surface area (Å²) in [5.41, 5.74) is 4.88. The quantitative estimate of drug-likeness (QED) is 0.629. The topological polar surface area (TPSA) is 45.5 Å². The van der Waals surface area contributed by atoms with Gasteiger partial charge >= 0.3 is 0 Å². The second-order valence-corrected chi connectivity index (χ2v) is 8.57. The van der Waals surface area contributed by atoms with Crippen molar-refractivity contribution in [2.24, 2.45) is 0 Å². The van der Waals surface area contributed by atoms with Crippen LogP contribution < -0.4 is 5.32 Å². The van der Waals surface area contributed by atoms with Crippen LogP contribution in [0.25, 0.3) is 17.0 Å². The van der Waals surface area contributed by atoms with Crippen LogP contribution in [-0.4, -0.2) is 44.4 Å². The van der Waals surface area contributed by atoms with Crippen LogP contribution >= 0.6 is 24.8 Å². The molecule has 0 saturated carbocycles. The van der Waals surface area contributed by atoms with E-state index in [2.05, 4.69) is 63.9 Å². The van der Waals surface area contributed by atoms with Crippen molar-refractivity contribution in [2.75, 3.05) is 13.1 Å². The third-order valence-corrected chi connectivity index (χ3v) is 6.44. The number of benzene rings is 1. The van der Waals surface area contributed by atoms with Crippen LogP contribution in [0, 0.1) is 0 Å². The molecular weight excluding hydrogens is 417 g/mol. The molecule has 0 aliphatic carbocycles. The average Bonchev–Trinajstić information content (AvgIpc) is 2.85. The lowest BCUT2D eigenvalue weighted by Gasteiger charge is -2.36. The van der Waals surface area contributed by atoms with Gasteiger partial charge in [0.2, 0.25) is 5.78 Å². The Hall–Kier alpha value is -1.66. The van der Waals surface area contributed by atoms with Gasteiger partial charge in [-0.1, -0.05) is 38.1 Å². The van der Waals surface area contributed by atoms with Gasteiger partial charge in [0.05, 0.1) is 11.4 Å². The molecule has 0 spiro atoms. The Morgan fingerprint density at radius 3 is 2.67 bits per heavy atom. The van der Waals surface area contributed by atoms with Gasteiger partial charge < -0.3 is 5.32 Å². The first-order chi connectivity index (χ1) is 13.7. The van der Waals surface area contributed by atoms with Gasteiger partial charge in [0, 0.05) is 43.1 Å². The van der Waals surface area contributed by atoms with Crippen LogP contribution in [0.15, 0.2) is 42.7 Å². The smallest absolute Gasteiger partial charge is 0.234 e. The molecule has 2 unspecified atom stereocenters. The fraction of sp³-hybridized carbons (Fsp3) is 0.478. The minimum atomic E-state index is 0. The summed E-state index contributed by atoms with van der Waals surface area (Å²) in [6, 6.07) is 12.2. The van der Waals surface area contributed by atoms with E-state index in [9.17, 15) is 0 Å². The molecule has 6 rings (SSSR count). The maximum atomic E-state index is 4.92. The van der Waals surface area contributed by atoms with Crippen molar-refractivity contribution < 1.29 is 0 Å². The number of halogens is 2. The van der Waals surface area contributed by atoms with Gasteiger partial charge in [0.25, 0.3) is 0 Å². The number of imidazole rings is 1. The molecule has 1 aromatic carbocycles. The van der Waals surface area contributed by atoms with Gasteiger partial charge in [-0.2, -0.15) is 0 Å². The molecule has 3 aromatic rings. The third kappa shape index (κ3) is 4.35. The molecule has 2 bridgehead atoms. The number of nitrogens with zero attached hydrogens (tertiary/aromatic N) is 4.